The van der Waals surface area contributed by atoms with E-state index in [1.54, 1.807) is 4.90 Å². The molecule has 1 saturated heterocycles. The van der Waals surface area contributed by atoms with Crippen molar-refractivity contribution in [1.29, 1.82) is 0 Å². The molecule has 2 rings (SSSR count). The summed E-state index contributed by atoms with van der Waals surface area (Å²) in [6, 6.07) is 3.69. The molecular formula is C12H14FN3O2. The van der Waals surface area contributed by atoms with Crippen LogP contribution in [0.4, 0.5) is 10.1 Å². The summed E-state index contributed by atoms with van der Waals surface area (Å²) in [7, 11) is 0. The fourth-order valence-corrected chi connectivity index (χ4v) is 1.87. The topological polar surface area (TPSA) is 75.4 Å². The maximum absolute atomic E-state index is 12.9. The fourth-order valence-electron chi connectivity index (χ4n) is 1.87. The first-order chi connectivity index (χ1) is 8.58. The third-order valence-corrected chi connectivity index (χ3v) is 2.84. The zero-order chi connectivity index (χ0) is 13.1. The quantitative estimate of drug-likeness (QED) is 0.708. The van der Waals surface area contributed by atoms with Crippen molar-refractivity contribution in [3.63, 3.8) is 0 Å². The first-order valence-corrected chi connectivity index (χ1v) is 5.69. The summed E-state index contributed by atoms with van der Waals surface area (Å²) in [5, 5.41) is 2.68. The Morgan fingerprint density at radius 1 is 1.39 bits per heavy atom. The summed E-state index contributed by atoms with van der Waals surface area (Å²) in [4.78, 5) is 24.9. The Bertz CT molecular complexity index is 490. The van der Waals surface area contributed by atoms with E-state index in [1.165, 1.54) is 12.1 Å². The SMILES string of the molecule is Nc1cc(F)ccc1C(=O)N1CCNC(=O)CC1. The molecule has 1 aliphatic rings. The highest BCUT2D eigenvalue weighted by atomic mass is 19.1. The fraction of sp³-hybridized carbons (Fsp3) is 0.333. The van der Waals surface area contributed by atoms with Gasteiger partial charge in [0.05, 0.1) is 5.56 Å². The van der Waals surface area contributed by atoms with E-state index in [2.05, 4.69) is 5.32 Å². The maximum atomic E-state index is 12.9. The van der Waals surface area contributed by atoms with Gasteiger partial charge in [0.2, 0.25) is 5.91 Å². The van der Waals surface area contributed by atoms with E-state index in [-0.39, 0.29) is 29.5 Å². The molecule has 0 unspecified atom stereocenters. The number of nitrogens with zero attached hydrogens (tertiary/aromatic N) is 1. The Balaban J connectivity index is 2.17. The predicted molar refractivity (Wildman–Crippen MR) is 64.3 cm³/mol. The lowest BCUT2D eigenvalue weighted by Gasteiger charge is -2.20. The van der Waals surface area contributed by atoms with Gasteiger partial charge in [-0.15, -0.1) is 0 Å². The highest BCUT2D eigenvalue weighted by Gasteiger charge is 2.21. The largest absolute Gasteiger partial charge is 0.398 e. The molecule has 2 amide bonds. The molecule has 1 aromatic carbocycles. The molecule has 1 fully saturated rings. The van der Waals surface area contributed by atoms with Crippen LogP contribution in [0.25, 0.3) is 0 Å². The lowest BCUT2D eigenvalue weighted by Crippen LogP contribution is -2.34. The number of halogens is 1. The molecule has 0 bridgehead atoms. The molecule has 5 nitrogen and oxygen atoms in total. The van der Waals surface area contributed by atoms with Gasteiger partial charge in [-0.2, -0.15) is 0 Å². The van der Waals surface area contributed by atoms with Gasteiger partial charge in [-0.05, 0) is 18.2 Å². The number of nitrogens with one attached hydrogen (secondary N) is 1. The minimum atomic E-state index is -0.475. The number of hydrogen-bond donors (Lipinski definition) is 2. The van der Waals surface area contributed by atoms with Gasteiger partial charge < -0.3 is 16.0 Å². The zero-order valence-corrected chi connectivity index (χ0v) is 9.78. The van der Waals surface area contributed by atoms with Gasteiger partial charge >= 0.3 is 0 Å². The van der Waals surface area contributed by atoms with Gasteiger partial charge in [-0.3, -0.25) is 9.59 Å². The first-order valence-electron chi connectivity index (χ1n) is 5.69. The molecule has 1 aromatic rings. The van der Waals surface area contributed by atoms with Gasteiger partial charge in [0.25, 0.3) is 5.91 Å². The molecule has 96 valence electrons. The van der Waals surface area contributed by atoms with Crippen molar-refractivity contribution in [2.24, 2.45) is 0 Å². The average molecular weight is 251 g/mol. The van der Waals surface area contributed by atoms with E-state index < -0.39 is 5.82 Å². The summed E-state index contributed by atoms with van der Waals surface area (Å²) in [5.74, 6) is -0.821. The number of rotatable bonds is 1. The number of hydrogen-bond acceptors (Lipinski definition) is 3. The number of amides is 2. The van der Waals surface area contributed by atoms with Crippen LogP contribution in [0.15, 0.2) is 18.2 Å². The maximum Gasteiger partial charge on any atom is 0.256 e. The second-order valence-corrected chi connectivity index (χ2v) is 4.12. The third kappa shape index (κ3) is 2.58. The summed E-state index contributed by atoms with van der Waals surface area (Å²) in [6.45, 7) is 1.20. The molecule has 1 heterocycles. The molecule has 0 spiro atoms. The van der Waals surface area contributed by atoms with Crippen LogP contribution in [0.1, 0.15) is 16.8 Å². The summed E-state index contributed by atoms with van der Waals surface area (Å²) in [5.41, 5.74) is 6.01. The molecular weight excluding hydrogens is 237 g/mol. The number of nitrogens with two attached hydrogens (primary N) is 1. The minimum Gasteiger partial charge on any atom is -0.398 e. The second kappa shape index (κ2) is 5.03. The highest BCUT2D eigenvalue weighted by Crippen LogP contribution is 2.16. The van der Waals surface area contributed by atoms with E-state index in [1.807, 2.05) is 0 Å². The van der Waals surface area contributed by atoms with E-state index in [0.717, 1.165) is 6.07 Å². The van der Waals surface area contributed by atoms with Crippen molar-refractivity contribution in [3.8, 4) is 0 Å². The molecule has 1 aliphatic heterocycles. The van der Waals surface area contributed by atoms with E-state index in [9.17, 15) is 14.0 Å². The third-order valence-electron chi connectivity index (χ3n) is 2.84. The second-order valence-electron chi connectivity index (χ2n) is 4.12. The number of nitrogen functional groups attached to an aromatic ring is 1. The van der Waals surface area contributed by atoms with Crippen LogP contribution in [-0.4, -0.2) is 36.3 Å². The summed E-state index contributed by atoms with van der Waals surface area (Å²) >= 11 is 0. The number of benzene rings is 1. The minimum absolute atomic E-state index is 0.0719. The molecule has 0 radical (unpaired) electrons. The molecule has 3 N–H and O–H groups in total. The lowest BCUT2D eigenvalue weighted by atomic mass is 10.1. The monoisotopic (exact) mass is 251 g/mol. The van der Waals surface area contributed by atoms with Crippen molar-refractivity contribution in [2.45, 2.75) is 6.42 Å². The van der Waals surface area contributed by atoms with Gasteiger partial charge in [-0.25, -0.2) is 4.39 Å². The normalized spacial score (nSPS) is 16.1. The van der Waals surface area contributed by atoms with Gasteiger partial charge in [0.1, 0.15) is 5.82 Å². The predicted octanol–water partition coefficient (Wildman–Crippen LogP) is 0.370. The summed E-state index contributed by atoms with van der Waals surface area (Å²) < 4.78 is 12.9. The number of carbonyl (C=O) groups is 2. The zero-order valence-electron chi connectivity index (χ0n) is 9.78. The van der Waals surface area contributed by atoms with Crippen LogP contribution in [-0.2, 0) is 4.79 Å². The Hall–Kier alpha value is -2.11. The van der Waals surface area contributed by atoms with Crippen molar-refractivity contribution in [2.75, 3.05) is 25.4 Å². The van der Waals surface area contributed by atoms with Crippen LogP contribution >= 0.6 is 0 Å². The lowest BCUT2D eigenvalue weighted by molar-refractivity contribution is -0.120. The average Bonchev–Trinajstić information content (AvgIpc) is 2.53. The van der Waals surface area contributed by atoms with Crippen molar-refractivity contribution >= 4 is 17.5 Å². The first kappa shape index (κ1) is 12.3. The van der Waals surface area contributed by atoms with E-state index >= 15 is 0 Å². The Labute approximate surface area is 104 Å². The van der Waals surface area contributed by atoms with Crippen LogP contribution < -0.4 is 11.1 Å². The standard InChI is InChI=1S/C12H14FN3O2/c13-8-1-2-9(10(14)7-8)12(18)16-5-3-11(17)15-4-6-16/h1-2,7H,3-6,14H2,(H,15,17). The Morgan fingerprint density at radius 2 is 2.17 bits per heavy atom. The molecule has 6 heteroatoms. The van der Waals surface area contributed by atoms with Crippen molar-refractivity contribution in [1.82, 2.24) is 10.2 Å². The highest BCUT2D eigenvalue weighted by molar-refractivity contribution is 5.99. The van der Waals surface area contributed by atoms with Crippen LogP contribution in [0.3, 0.4) is 0 Å². The molecule has 0 aliphatic carbocycles. The van der Waals surface area contributed by atoms with Crippen molar-refractivity contribution < 1.29 is 14.0 Å². The molecule has 0 aromatic heterocycles. The summed E-state index contributed by atoms with van der Waals surface area (Å²) in [6.07, 6.45) is 0.271. The molecule has 0 atom stereocenters. The molecule has 18 heavy (non-hydrogen) atoms. The van der Waals surface area contributed by atoms with Crippen LogP contribution in [0, 0.1) is 5.82 Å². The van der Waals surface area contributed by atoms with Crippen LogP contribution in [0.2, 0.25) is 0 Å². The van der Waals surface area contributed by atoms with Crippen LogP contribution in [0.5, 0.6) is 0 Å². The smallest absolute Gasteiger partial charge is 0.256 e. The van der Waals surface area contributed by atoms with E-state index in [4.69, 9.17) is 5.73 Å². The van der Waals surface area contributed by atoms with E-state index in [0.29, 0.717) is 19.6 Å². The van der Waals surface area contributed by atoms with Gasteiger partial charge in [-0.1, -0.05) is 0 Å². The Morgan fingerprint density at radius 3 is 2.89 bits per heavy atom. The number of anilines is 1. The van der Waals surface area contributed by atoms with Gasteiger partial charge in [0.15, 0.2) is 0 Å². The van der Waals surface area contributed by atoms with Gasteiger partial charge in [0, 0.05) is 31.7 Å². The number of carbonyl (C=O) groups excluding carboxylic acids is 2. The van der Waals surface area contributed by atoms with Crippen molar-refractivity contribution in [3.05, 3.63) is 29.6 Å². The Kier molecular flexibility index (Phi) is 3.45. The molecule has 0 saturated carbocycles.